The van der Waals surface area contributed by atoms with E-state index in [-0.39, 0.29) is 32.7 Å². The van der Waals surface area contributed by atoms with Crippen molar-refractivity contribution in [1.29, 1.82) is 0 Å². The average Bonchev–Trinajstić information content (AvgIpc) is 1.38. The van der Waals surface area contributed by atoms with E-state index in [1.54, 1.807) is 0 Å². The number of hydrogen-bond acceptors (Lipinski definition) is 0. The molecule has 0 aliphatic rings. The molecule has 0 fully saturated rings. The molecule has 0 N–H and O–H groups in total. The van der Waals surface area contributed by atoms with Crippen LogP contribution in [-0.4, -0.2) is 0 Å². The van der Waals surface area contributed by atoms with Crippen LogP contribution in [0, 0.1) is 6.92 Å². The standard InChI is InChI=1S/C5H9.Y/c1-4-5(2)3;/h4H,2H2,1,3H3;/q-1;+3/b5-4-;. The van der Waals surface area contributed by atoms with Crippen LogP contribution < -0.4 is 0 Å². The topological polar surface area (TPSA) is 0 Å². The van der Waals surface area contributed by atoms with Gasteiger partial charge in [-0.15, -0.1) is 6.92 Å². The van der Waals surface area contributed by atoms with Gasteiger partial charge in [0.05, 0.1) is 0 Å². The maximum atomic E-state index is 3.62. The van der Waals surface area contributed by atoms with Gasteiger partial charge >= 0.3 is 32.7 Å². The van der Waals surface area contributed by atoms with E-state index >= 15 is 0 Å². The first-order chi connectivity index (χ1) is 2.27. The van der Waals surface area contributed by atoms with Gasteiger partial charge in [0.1, 0.15) is 0 Å². The molecular formula is C5H9Y+2. The summed E-state index contributed by atoms with van der Waals surface area (Å²) in [5, 5.41) is 0. The molecule has 0 heterocycles. The first kappa shape index (κ1) is 9.86. The van der Waals surface area contributed by atoms with E-state index in [2.05, 4.69) is 6.92 Å². The molecule has 0 radical (unpaired) electrons. The van der Waals surface area contributed by atoms with Crippen molar-refractivity contribution in [2.24, 2.45) is 0 Å². The number of rotatable bonds is 0. The quantitative estimate of drug-likeness (QED) is 0.471. The molecule has 0 amide bonds. The van der Waals surface area contributed by atoms with Crippen molar-refractivity contribution in [2.45, 2.75) is 13.8 Å². The van der Waals surface area contributed by atoms with E-state index in [9.17, 15) is 0 Å². The predicted molar refractivity (Wildman–Crippen MR) is 24.8 cm³/mol. The summed E-state index contributed by atoms with van der Waals surface area (Å²) in [7, 11) is 0. The Bertz CT molecular complexity index is 41.9. The Morgan fingerprint density at radius 2 is 1.83 bits per heavy atom. The van der Waals surface area contributed by atoms with E-state index in [0.717, 1.165) is 5.57 Å². The summed E-state index contributed by atoms with van der Waals surface area (Å²) in [5.41, 5.74) is 1.13. The SMILES string of the molecule is [CH2-]/C(C)=C/C.[Y+3]. The Labute approximate surface area is 64.9 Å². The summed E-state index contributed by atoms with van der Waals surface area (Å²) < 4.78 is 0. The molecule has 0 atom stereocenters. The van der Waals surface area contributed by atoms with Crippen LogP contribution in [0.2, 0.25) is 0 Å². The van der Waals surface area contributed by atoms with Crippen LogP contribution in [0.5, 0.6) is 0 Å². The molecule has 0 saturated heterocycles. The second-order valence-electron chi connectivity index (χ2n) is 1.14. The summed E-state index contributed by atoms with van der Waals surface area (Å²) in [6.07, 6.45) is 1.97. The molecule has 0 bridgehead atoms. The second kappa shape index (κ2) is 5.71. The maximum Gasteiger partial charge on any atom is 3.00 e. The molecule has 0 spiro atoms. The van der Waals surface area contributed by atoms with Crippen LogP contribution in [0.1, 0.15) is 13.8 Å². The summed E-state index contributed by atoms with van der Waals surface area (Å²) in [6.45, 7) is 7.56. The Balaban J connectivity index is 0. The van der Waals surface area contributed by atoms with Gasteiger partial charge in [-0.2, -0.15) is 0 Å². The molecule has 0 rings (SSSR count). The van der Waals surface area contributed by atoms with E-state index in [0.29, 0.717) is 0 Å². The van der Waals surface area contributed by atoms with Crippen molar-refractivity contribution >= 4 is 0 Å². The van der Waals surface area contributed by atoms with E-state index < -0.39 is 0 Å². The molecule has 0 aromatic carbocycles. The molecule has 0 aromatic heterocycles. The van der Waals surface area contributed by atoms with Gasteiger partial charge < -0.3 is 0 Å². The monoisotopic (exact) mass is 158 g/mol. The van der Waals surface area contributed by atoms with Crippen molar-refractivity contribution in [3.8, 4) is 0 Å². The third kappa shape index (κ3) is 8.83. The zero-order valence-electron chi connectivity index (χ0n) is 4.36. The summed E-state index contributed by atoms with van der Waals surface area (Å²) in [6, 6.07) is 0. The van der Waals surface area contributed by atoms with Crippen LogP contribution >= 0.6 is 0 Å². The van der Waals surface area contributed by atoms with Gasteiger partial charge in [-0.25, -0.2) is 18.6 Å². The van der Waals surface area contributed by atoms with Crippen LogP contribution in [-0.2, 0) is 32.7 Å². The summed E-state index contributed by atoms with van der Waals surface area (Å²) in [4.78, 5) is 0. The fourth-order valence-corrected chi connectivity index (χ4v) is 0. The van der Waals surface area contributed by atoms with Crippen LogP contribution in [0.15, 0.2) is 11.6 Å². The van der Waals surface area contributed by atoms with Crippen LogP contribution in [0.25, 0.3) is 0 Å². The third-order valence-corrected chi connectivity index (χ3v) is 0.493. The molecule has 0 aliphatic heterocycles. The summed E-state index contributed by atoms with van der Waals surface area (Å²) >= 11 is 0. The van der Waals surface area contributed by atoms with Gasteiger partial charge in [0, 0.05) is 0 Å². The number of allylic oxidation sites excluding steroid dienone is 2. The molecule has 0 saturated carbocycles. The molecule has 1 heteroatoms. The second-order valence-corrected chi connectivity index (χ2v) is 1.14. The van der Waals surface area contributed by atoms with Crippen molar-refractivity contribution in [3.63, 3.8) is 0 Å². The Kier molecular flexibility index (Phi) is 9.39. The largest absolute Gasteiger partial charge is 3.00 e. The minimum atomic E-state index is 0. The van der Waals surface area contributed by atoms with Gasteiger partial charge in [-0.05, 0) is 0 Å². The number of hydrogen-bond donors (Lipinski definition) is 0. The van der Waals surface area contributed by atoms with Crippen molar-refractivity contribution in [3.05, 3.63) is 18.6 Å². The van der Waals surface area contributed by atoms with E-state index in [1.807, 2.05) is 19.9 Å². The minimum absolute atomic E-state index is 0. The molecular weight excluding hydrogens is 149 g/mol. The van der Waals surface area contributed by atoms with Gasteiger partial charge in [0.2, 0.25) is 0 Å². The zero-order valence-corrected chi connectivity index (χ0v) is 7.20. The first-order valence-corrected chi connectivity index (χ1v) is 1.72. The molecule has 0 unspecified atom stereocenters. The van der Waals surface area contributed by atoms with Crippen molar-refractivity contribution in [2.75, 3.05) is 0 Å². The Hall–Kier alpha value is 0.714. The van der Waals surface area contributed by atoms with Gasteiger partial charge in [-0.1, -0.05) is 6.92 Å². The smallest absolute Gasteiger partial charge is 0.242 e. The fourth-order valence-electron chi connectivity index (χ4n) is 0. The van der Waals surface area contributed by atoms with Gasteiger partial charge in [-0.3, -0.25) is 0 Å². The van der Waals surface area contributed by atoms with Gasteiger partial charge in [0.15, 0.2) is 0 Å². The maximum absolute atomic E-state index is 3.62. The molecule has 6 heavy (non-hydrogen) atoms. The van der Waals surface area contributed by atoms with E-state index in [4.69, 9.17) is 0 Å². The third-order valence-electron chi connectivity index (χ3n) is 0.493. The first-order valence-electron chi connectivity index (χ1n) is 1.72. The normalized spacial score (nSPS) is 10.0. The van der Waals surface area contributed by atoms with E-state index in [1.165, 1.54) is 0 Å². The minimum Gasteiger partial charge on any atom is -0.242 e. The van der Waals surface area contributed by atoms with Crippen LogP contribution in [0.3, 0.4) is 0 Å². The summed E-state index contributed by atoms with van der Waals surface area (Å²) in [5.74, 6) is 0. The zero-order chi connectivity index (χ0) is 4.28. The molecule has 30 valence electrons. The predicted octanol–water partition coefficient (Wildman–Crippen LogP) is 1.78. The Morgan fingerprint density at radius 3 is 1.83 bits per heavy atom. The van der Waals surface area contributed by atoms with Crippen molar-refractivity contribution < 1.29 is 32.7 Å². The van der Waals surface area contributed by atoms with Crippen molar-refractivity contribution in [1.82, 2.24) is 0 Å². The molecule has 0 nitrogen and oxygen atoms in total. The molecule has 0 aliphatic carbocycles. The van der Waals surface area contributed by atoms with Crippen LogP contribution in [0.4, 0.5) is 0 Å². The van der Waals surface area contributed by atoms with Gasteiger partial charge in [0.25, 0.3) is 0 Å². The Morgan fingerprint density at radius 1 is 1.67 bits per heavy atom. The average molecular weight is 158 g/mol. The molecule has 0 aromatic rings. The fraction of sp³-hybridized carbons (Fsp3) is 0.400.